The maximum Gasteiger partial charge on any atom is 0.406 e. The molecule has 5 nitrogen and oxygen atoms in total. The standard InChI is InChI=1S/C8H19NO4Si/c1-5-12-14(4,13-6-2)7-9(3)8(10)11/h5-7H2,1-4H3,(H,10,11). The van der Waals surface area contributed by atoms with E-state index in [1.165, 1.54) is 11.9 Å². The van der Waals surface area contributed by atoms with Gasteiger partial charge in [-0.2, -0.15) is 0 Å². The van der Waals surface area contributed by atoms with Gasteiger partial charge in [0.15, 0.2) is 0 Å². The number of rotatable bonds is 6. The van der Waals surface area contributed by atoms with Crippen LogP contribution in [0.4, 0.5) is 4.79 Å². The zero-order chi connectivity index (χ0) is 11.2. The number of carboxylic acid groups (broad SMARTS) is 1. The van der Waals surface area contributed by atoms with E-state index in [-0.39, 0.29) is 0 Å². The smallest absolute Gasteiger partial charge is 0.406 e. The minimum Gasteiger partial charge on any atom is -0.465 e. The minimum absolute atomic E-state index is 0.337. The van der Waals surface area contributed by atoms with Gasteiger partial charge in [0.2, 0.25) is 0 Å². The van der Waals surface area contributed by atoms with Gasteiger partial charge in [-0.1, -0.05) is 0 Å². The molecule has 14 heavy (non-hydrogen) atoms. The number of hydrogen-bond acceptors (Lipinski definition) is 3. The van der Waals surface area contributed by atoms with Gasteiger partial charge in [-0.15, -0.1) is 0 Å². The van der Waals surface area contributed by atoms with E-state index in [0.29, 0.717) is 19.4 Å². The largest absolute Gasteiger partial charge is 0.465 e. The molecule has 0 aliphatic rings. The molecular formula is C8H19NO4Si. The Balaban J connectivity index is 4.27. The molecule has 0 aliphatic carbocycles. The molecule has 0 aromatic carbocycles. The van der Waals surface area contributed by atoms with Crippen LogP contribution in [0.5, 0.6) is 0 Å². The van der Waals surface area contributed by atoms with Crippen LogP contribution in [-0.2, 0) is 8.85 Å². The summed E-state index contributed by atoms with van der Waals surface area (Å²) in [6.45, 7) is 6.74. The molecular weight excluding hydrogens is 202 g/mol. The fourth-order valence-electron chi connectivity index (χ4n) is 1.24. The number of nitrogens with zero attached hydrogens (tertiary/aromatic N) is 1. The zero-order valence-electron chi connectivity index (χ0n) is 9.24. The van der Waals surface area contributed by atoms with Crippen LogP contribution in [0.25, 0.3) is 0 Å². The van der Waals surface area contributed by atoms with E-state index in [2.05, 4.69) is 0 Å². The fourth-order valence-corrected chi connectivity index (χ4v) is 3.73. The molecule has 84 valence electrons. The zero-order valence-corrected chi connectivity index (χ0v) is 10.2. The second kappa shape index (κ2) is 6.00. The van der Waals surface area contributed by atoms with E-state index in [9.17, 15) is 4.79 Å². The highest BCUT2D eigenvalue weighted by Gasteiger charge is 2.33. The summed E-state index contributed by atoms with van der Waals surface area (Å²) in [7, 11) is -0.811. The maximum absolute atomic E-state index is 10.6. The summed E-state index contributed by atoms with van der Waals surface area (Å²) in [6.07, 6.45) is -0.618. The average Bonchev–Trinajstić information content (AvgIpc) is 2.04. The van der Waals surface area contributed by atoms with Crippen molar-refractivity contribution in [3.8, 4) is 0 Å². The van der Waals surface area contributed by atoms with E-state index in [1.54, 1.807) is 0 Å². The topological polar surface area (TPSA) is 59.0 Å². The molecule has 0 aliphatic heterocycles. The second-order valence-corrected chi connectivity index (χ2v) is 6.30. The first-order chi connectivity index (χ1) is 6.45. The van der Waals surface area contributed by atoms with Gasteiger partial charge >= 0.3 is 14.7 Å². The van der Waals surface area contributed by atoms with E-state index >= 15 is 0 Å². The summed E-state index contributed by atoms with van der Waals surface area (Å²) in [6, 6.07) is 0. The molecule has 0 rings (SSSR count). The first-order valence-corrected chi connectivity index (χ1v) is 7.19. The third-order valence-corrected chi connectivity index (χ3v) is 4.60. The van der Waals surface area contributed by atoms with Crippen molar-refractivity contribution in [2.45, 2.75) is 20.4 Å². The van der Waals surface area contributed by atoms with Crippen LogP contribution < -0.4 is 0 Å². The van der Waals surface area contributed by atoms with Crippen molar-refractivity contribution in [1.29, 1.82) is 0 Å². The van der Waals surface area contributed by atoms with Gasteiger partial charge < -0.3 is 18.9 Å². The molecule has 0 heterocycles. The first-order valence-electron chi connectivity index (χ1n) is 4.67. The van der Waals surface area contributed by atoms with Crippen molar-refractivity contribution in [3.63, 3.8) is 0 Å². The molecule has 0 fully saturated rings. The molecule has 6 heteroatoms. The Hall–Kier alpha value is -0.593. The maximum atomic E-state index is 10.6. The fraction of sp³-hybridized carbons (Fsp3) is 0.875. The van der Waals surface area contributed by atoms with Crippen molar-refractivity contribution in [2.24, 2.45) is 0 Å². The Kier molecular flexibility index (Phi) is 5.74. The van der Waals surface area contributed by atoms with Crippen LogP contribution in [0.15, 0.2) is 0 Å². The van der Waals surface area contributed by atoms with Crippen LogP contribution in [0.1, 0.15) is 13.8 Å². The lowest BCUT2D eigenvalue weighted by atomic mass is 10.9. The van der Waals surface area contributed by atoms with E-state index in [0.717, 1.165) is 0 Å². The Morgan fingerprint density at radius 3 is 2.07 bits per heavy atom. The van der Waals surface area contributed by atoms with E-state index in [1.807, 2.05) is 20.4 Å². The van der Waals surface area contributed by atoms with Crippen LogP contribution in [0.2, 0.25) is 6.55 Å². The normalized spacial score (nSPS) is 11.4. The van der Waals surface area contributed by atoms with E-state index < -0.39 is 14.7 Å². The van der Waals surface area contributed by atoms with Crippen molar-refractivity contribution in [3.05, 3.63) is 0 Å². The van der Waals surface area contributed by atoms with Crippen LogP contribution >= 0.6 is 0 Å². The second-order valence-electron chi connectivity index (χ2n) is 3.14. The van der Waals surface area contributed by atoms with Crippen molar-refractivity contribution in [2.75, 3.05) is 26.4 Å². The lowest BCUT2D eigenvalue weighted by molar-refractivity contribution is 0.142. The van der Waals surface area contributed by atoms with Gasteiger partial charge in [0.05, 0.1) is 6.17 Å². The predicted octanol–water partition coefficient (Wildman–Crippen LogP) is 1.28. The summed E-state index contributed by atoms with van der Waals surface area (Å²) >= 11 is 0. The average molecular weight is 221 g/mol. The van der Waals surface area contributed by atoms with Gasteiger partial charge in [0.25, 0.3) is 0 Å². The lowest BCUT2D eigenvalue weighted by Crippen LogP contribution is -2.50. The molecule has 0 saturated heterocycles. The number of amides is 1. The molecule has 0 bridgehead atoms. The molecule has 0 saturated carbocycles. The summed E-state index contributed by atoms with van der Waals surface area (Å²) in [5, 5.41) is 8.72. The van der Waals surface area contributed by atoms with Gasteiger partial charge in [0, 0.05) is 20.3 Å². The quantitative estimate of drug-likeness (QED) is 0.686. The van der Waals surface area contributed by atoms with Gasteiger partial charge in [0.1, 0.15) is 0 Å². The Morgan fingerprint density at radius 2 is 1.79 bits per heavy atom. The monoisotopic (exact) mass is 221 g/mol. The third-order valence-electron chi connectivity index (χ3n) is 1.75. The summed E-state index contributed by atoms with van der Waals surface area (Å²) in [5.74, 6) is 0. The molecule has 0 unspecified atom stereocenters. The van der Waals surface area contributed by atoms with Gasteiger partial charge in [-0.25, -0.2) is 4.79 Å². The molecule has 0 spiro atoms. The highest BCUT2D eigenvalue weighted by atomic mass is 28.4. The predicted molar refractivity (Wildman–Crippen MR) is 55.5 cm³/mol. The summed E-state index contributed by atoms with van der Waals surface area (Å²) in [4.78, 5) is 11.8. The molecule has 0 radical (unpaired) electrons. The summed E-state index contributed by atoms with van der Waals surface area (Å²) in [5.41, 5.74) is 0. The molecule has 1 amide bonds. The SMILES string of the molecule is CCO[Si](C)(CN(C)C(=O)O)OCC. The molecule has 0 aromatic rings. The minimum atomic E-state index is -2.33. The molecule has 1 N–H and O–H groups in total. The van der Waals surface area contributed by atoms with Crippen molar-refractivity contribution in [1.82, 2.24) is 4.90 Å². The molecule has 0 atom stereocenters. The molecule has 0 aromatic heterocycles. The van der Waals surface area contributed by atoms with Gasteiger partial charge in [-0.3, -0.25) is 0 Å². The lowest BCUT2D eigenvalue weighted by Gasteiger charge is -2.29. The van der Waals surface area contributed by atoms with Crippen LogP contribution in [-0.4, -0.2) is 51.1 Å². The van der Waals surface area contributed by atoms with Crippen LogP contribution in [0, 0.1) is 0 Å². The van der Waals surface area contributed by atoms with Crippen molar-refractivity contribution < 1.29 is 18.8 Å². The Labute approximate surface area is 85.9 Å². The highest BCUT2D eigenvalue weighted by Crippen LogP contribution is 2.08. The summed E-state index contributed by atoms with van der Waals surface area (Å²) < 4.78 is 11.0. The van der Waals surface area contributed by atoms with Crippen LogP contribution in [0.3, 0.4) is 0 Å². The van der Waals surface area contributed by atoms with Crippen molar-refractivity contribution >= 4 is 14.7 Å². The first kappa shape index (κ1) is 13.4. The number of hydrogen-bond donors (Lipinski definition) is 1. The number of carbonyl (C=O) groups is 1. The Bertz CT molecular complexity index is 182. The Morgan fingerprint density at radius 1 is 1.36 bits per heavy atom. The van der Waals surface area contributed by atoms with E-state index in [4.69, 9.17) is 14.0 Å². The third kappa shape index (κ3) is 4.59. The van der Waals surface area contributed by atoms with Gasteiger partial charge in [-0.05, 0) is 20.4 Å². The highest BCUT2D eigenvalue weighted by molar-refractivity contribution is 6.66.